The molecule has 0 bridgehead atoms. The van der Waals surface area contributed by atoms with Crippen LogP contribution in [-0.4, -0.2) is 4.98 Å². The quantitative estimate of drug-likeness (QED) is 0.253. The minimum absolute atomic E-state index is 0.903. The highest BCUT2D eigenvalue weighted by Gasteiger charge is 2.17. The molecule has 0 unspecified atom stereocenters. The molecule has 132 valence electrons. The summed E-state index contributed by atoms with van der Waals surface area (Å²) in [4.78, 5) is 5.07. The van der Waals surface area contributed by atoms with Crippen LogP contribution in [0.5, 0.6) is 0 Å². The largest absolute Gasteiger partial charge is 0.456 e. The monoisotopic (exact) mass is 423 g/mol. The fourth-order valence-corrected chi connectivity index (χ4v) is 4.57. The van der Waals surface area contributed by atoms with Crippen LogP contribution in [0.3, 0.4) is 0 Å². The van der Waals surface area contributed by atoms with Crippen molar-refractivity contribution in [2.45, 2.75) is 0 Å². The number of benzene rings is 4. The van der Waals surface area contributed by atoms with Gasteiger partial charge in [-0.15, -0.1) is 0 Å². The van der Waals surface area contributed by atoms with E-state index >= 15 is 0 Å². The van der Waals surface area contributed by atoms with Crippen molar-refractivity contribution in [1.29, 1.82) is 0 Å². The Labute approximate surface area is 169 Å². The lowest BCUT2D eigenvalue weighted by Gasteiger charge is -2.12. The fourth-order valence-electron chi connectivity index (χ4n) is 4.11. The molecule has 28 heavy (non-hydrogen) atoms. The highest BCUT2D eigenvalue weighted by atomic mass is 79.9. The lowest BCUT2D eigenvalue weighted by atomic mass is 9.96. The Morgan fingerprint density at radius 1 is 0.607 bits per heavy atom. The normalized spacial score (nSPS) is 11.8. The number of aromatic nitrogens is 1. The number of rotatable bonds is 1. The molecular formula is C25H14BrNO. The molecule has 0 radical (unpaired) electrons. The maximum Gasteiger partial charge on any atom is 0.136 e. The second-order valence-electron chi connectivity index (χ2n) is 6.92. The molecule has 3 heteroatoms. The summed E-state index contributed by atoms with van der Waals surface area (Å²) in [5.74, 6) is 0. The van der Waals surface area contributed by atoms with E-state index in [-0.39, 0.29) is 0 Å². The van der Waals surface area contributed by atoms with Crippen LogP contribution in [0.15, 0.2) is 93.8 Å². The fraction of sp³-hybridized carbons (Fsp3) is 0. The van der Waals surface area contributed by atoms with Crippen LogP contribution in [-0.2, 0) is 0 Å². The first-order valence-corrected chi connectivity index (χ1v) is 9.98. The average Bonchev–Trinajstić information content (AvgIpc) is 3.13. The lowest BCUT2D eigenvalue weighted by Crippen LogP contribution is -1.91. The molecule has 0 saturated heterocycles. The molecule has 0 spiro atoms. The van der Waals surface area contributed by atoms with Gasteiger partial charge in [0.1, 0.15) is 11.2 Å². The highest BCUT2D eigenvalue weighted by molar-refractivity contribution is 9.10. The van der Waals surface area contributed by atoms with Gasteiger partial charge in [0.2, 0.25) is 0 Å². The number of hydrogen-bond donors (Lipinski definition) is 0. The zero-order valence-corrected chi connectivity index (χ0v) is 16.4. The Bertz CT molecular complexity index is 1520. The van der Waals surface area contributed by atoms with Crippen LogP contribution in [0.4, 0.5) is 0 Å². The molecule has 6 rings (SSSR count). The standard InChI is InChI=1S/C25H14BrNO/c26-19-11-6-10-17-22-18(24(27-25(17)19)15-7-2-1-3-8-15)13-14-21-23(22)16-9-4-5-12-20(16)28-21/h1-14H. The van der Waals surface area contributed by atoms with Crippen LogP contribution in [0.25, 0.3) is 54.9 Å². The van der Waals surface area contributed by atoms with Gasteiger partial charge < -0.3 is 4.42 Å². The molecule has 0 N–H and O–H groups in total. The zero-order valence-electron chi connectivity index (χ0n) is 14.8. The molecule has 0 aliphatic carbocycles. The van der Waals surface area contributed by atoms with E-state index in [1.807, 2.05) is 24.3 Å². The van der Waals surface area contributed by atoms with Gasteiger partial charge in [-0.2, -0.15) is 0 Å². The number of halogens is 1. The summed E-state index contributed by atoms with van der Waals surface area (Å²) in [5.41, 5.74) is 4.87. The van der Waals surface area contributed by atoms with Crippen molar-refractivity contribution in [3.05, 3.63) is 89.4 Å². The van der Waals surface area contributed by atoms with Crippen molar-refractivity contribution in [1.82, 2.24) is 4.98 Å². The van der Waals surface area contributed by atoms with Crippen molar-refractivity contribution in [3.63, 3.8) is 0 Å². The predicted molar refractivity (Wildman–Crippen MR) is 120 cm³/mol. The molecule has 0 aliphatic heterocycles. The first kappa shape index (κ1) is 15.8. The molecular weight excluding hydrogens is 410 g/mol. The molecule has 0 saturated carbocycles. The average molecular weight is 424 g/mol. The minimum Gasteiger partial charge on any atom is -0.456 e. The van der Waals surface area contributed by atoms with Crippen LogP contribution in [0.2, 0.25) is 0 Å². The van der Waals surface area contributed by atoms with Crippen molar-refractivity contribution in [3.8, 4) is 11.3 Å². The third-order valence-corrected chi connectivity index (χ3v) is 5.97. The summed E-state index contributed by atoms with van der Waals surface area (Å²) >= 11 is 3.71. The highest BCUT2D eigenvalue weighted by Crippen LogP contribution is 2.42. The summed E-state index contributed by atoms with van der Waals surface area (Å²) in [6.07, 6.45) is 0. The number of pyridine rings is 1. The summed E-state index contributed by atoms with van der Waals surface area (Å²) in [6.45, 7) is 0. The van der Waals surface area contributed by atoms with E-state index < -0.39 is 0 Å². The van der Waals surface area contributed by atoms with Crippen LogP contribution in [0.1, 0.15) is 0 Å². The molecule has 2 heterocycles. The third-order valence-electron chi connectivity index (χ3n) is 5.33. The second-order valence-corrected chi connectivity index (χ2v) is 7.78. The molecule has 0 atom stereocenters. The van der Waals surface area contributed by atoms with Crippen molar-refractivity contribution >= 4 is 59.5 Å². The smallest absolute Gasteiger partial charge is 0.136 e. The van der Waals surface area contributed by atoms with Gasteiger partial charge in [-0.3, -0.25) is 0 Å². The van der Waals surface area contributed by atoms with E-state index in [4.69, 9.17) is 9.40 Å². The molecule has 2 nitrogen and oxygen atoms in total. The van der Waals surface area contributed by atoms with Crippen molar-refractivity contribution in [2.75, 3.05) is 0 Å². The number of fused-ring (bicyclic) bond motifs is 7. The second kappa shape index (κ2) is 5.91. The Morgan fingerprint density at radius 3 is 2.29 bits per heavy atom. The Hall–Kier alpha value is -3.17. The summed E-state index contributed by atoms with van der Waals surface area (Å²) < 4.78 is 7.15. The Morgan fingerprint density at radius 2 is 1.39 bits per heavy atom. The molecule has 6 aromatic rings. The first-order chi connectivity index (χ1) is 13.8. The Kier molecular flexibility index (Phi) is 3.35. The van der Waals surface area contributed by atoms with Gasteiger partial charge in [0.15, 0.2) is 0 Å². The van der Waals surface area contributed by atoms with E-state index in [1.54, 1.807) is 0 Å². The van der Waals surface area contributed by atoms with E-state index in [0.717, 1.165) is 54.0 Å². The SMILES string of the molecule is Brc1cccc2c1nc(-c1ccccc1)c1ccc3oc4ccccc4c3c12. The maximum atomic E-state index is 6.15. The molecule has 2 aromatic heterocycles. The van der Waals surface area contributed by atoms with E-state index in [0.29, 0.717) is 0 Å². The van der Waals surface area contributed by atoms with Gasteiger partial charge in [-0.25, -0.2) is 4.98 Å². The van der Waals surface area contributed by atoms with Gasteiger partial charge in [-0.05, 0) is 40.2 Å². The van der Waals surface area contributed by atoms with Crippen LogP contribution >= 0.6 is 15.9 Å². The minimum atomic E-state index is 0.903. The Balaban J connectivity index is 1.94. The number of hydrogen-bond acceptors (Lipinski definition) is 2. The van der Waals surface area contributed by atoms with Gasteiger partial charge in [0.05, 0.1) is 11.2 Å². The first-order valence-electron chi connectivity index (χ1n) is 9.19. The molecule has 4 aromatic carbocycles. The van der Waals surface area contributed by atoms with Crippen molar-refractivity contribution < 1.29 is 4.42 Å². The van der Waals surface area contributed by atoms with Gasteiger partial charge in [-0.1, -0.05) is 60.7 Å². The predicted octanol–water partition coefficient (Wildman–Crippen LogP) is 7.72. The van der Waals surface area contributed by atoms with E-state index in [2.05, 4.69) is 76.6 Å². The van der Waals surface area contributed by atoms with Gasteiger partial charge in [0.25, 0.3) is 0 Å². The van der Waals surface area contributed by atoms with E-state index in [1.165, 1.54) is 5.39 Å². The molecule has 0 fully saturated rings. The third kappa shape index (κ3) is 2.17. The maximum absolute atomic E-state index is 6.15. The zero-order chi connectivity index (χ0) is 18.7. The lowest BCUT2D eigenvalue weighted by molar-refractivity contribution is 0.669. The number of para-hydroxylation sites is 2. The van der Waals surface area contributed by atoms with Gasteiger partial charge >= 0.3 is 0 Å². The number of furan rings is 1. The van der Waals surface area contributed by atoms with E-state index in [9.17, 15) is 0 Å². The van der Waals surface area contributed by atoms with Crippen LogP contribution < -0.4 is 0 Å². The van der Waals surface area contributed by atoms with Gasteiger partial charge in [0, 0.05) is 37.0 Å². The molecule has 0 aliphatic rings. The summed E-state index contributed by atoms with van der Waals surface area (Å²) in [6, 6.07) is 29.1. The van der Waals surface area contributed by atoms with Crippen molar-refractivity contribution in [2.24, 2.45) is 0 Å². The summed E-state index contributed by atoms with van der Waals surface area (Å²) in [5, 5.41) is 5.73. The summed E-state index contributed by atoms with van der Waals surface area (Å²) in [7, 11) is 0. The number of nitrogens with zero attached hydrogens (tertiary/aromatic N) is 1. The van der Waals surface area contributed by atoms with Crippen LogP contribution in [0, 0.1) is 0 Å². The molecule has 0 amide bonds. The topological polar surface area (TPSA) is 26.0 Å².